The SMILES string of the molecule is COC(=O)Cn1c(=NC(=O)c2cccc(Cl)c2)sc2cc(OC)c(OC)cc21. The summed E-state index contributed by atoms with van der Waals surface area (Å²) in [6, 6.07) is 10.0. The largest absolute Gasteiger partial charge is 0.493 e. The Labute approximate surface area is 169 Å². The van der Waals surface area contributed by atoms with Gasteiger partial charge in [-0.2, -0.15) is 4.99 Å². The van der Waals surface area contributed by atoms with E-state index in [9.17, 15) is 9.59 Å². The molecule has 146 valence electrons. The van der Waals surface area contributed by atoms with Crippen LogP contribution in [0.15, 0.2) is 41.4 Å². The van der Waals surface area contributed by atoms with Crippen LogP contribution in [0.5, 0.6) is 11.5 Å². The second kappa shape index (κ2) is 8.45. The van der Waals surface area contributed by atoms with Crippen LogP contribution in [0, 0.1) is 0 Å². The monoisotopic (exact) mass is 420 g/mol. The fourth-order valence-electron chi connectivity index (χ4n) is 2.60. The van der Waals surface area contributed by atoms with Crippen LogP contribution in [0.2, 0.25) is 5.02 Å². The number of esters is 1. The highest BCUT2D eigenvalue weighted by Gasteiger charge is 2.16. The van der Waals surface area contributed by atoms with Crippen molar-refractivity contribution in [2.45, 2.75) is 6.54 Å². The number of amides is 1. The molecule has 0 saturated heterocycles. The Bertz CT molecular complexity index is 1120. The summed E-state index contributed by atoms with van der Waals surface area (Å²) in [6.07, 6.45) is 0. The number of hydrogen-bond donors (Lipinski definition) is 0. The van der Waals surface area contributed by atoms with Gasteiger partial charge in [-0.15, -0.1) is 0 Å². The molecule has 0 unspecified atom stereocenters. The second-order valence-corrected chi connectivity index (χ2v) is 7.09. The molecule has 0 aliphatic heterocycles. The van der Waals surface area contributed by atoms with E-state index in [1.165, 1.54) is 38.7 Å². The molecule has 1 aromatic heterocycles. The zero-order chi connectivity index (χ0) is 20.3. The molecular weight excluding hydrogens is 404 g/mol. The Morgan fingerprint density at radius 1 is 1.11 bits per heavy atom. The van der Waals surface area contributed by atoms with Crippen molar-refractivity contribution in [3.05, 3.63) is 51.8 Å². The Morgan fingerprint density at radius 3 is 2.46 bits per heavy atom. The van der Waals surface area contributed by atoms with Crippen LogP contribution >= 0.6 is 22.9 Å². The number of ether oxygens (including phenoxy) is 3. The van der Waals surface area contributed by atoms with Crippen LogP contribution in [-0.2, 0) is 16.1 Å². The lowest BCUT2D eigenvalue weighted by Crippen LogP contribution is -2.22. The maximum absolute atomic E-state index is 12.6. The van der Waals surface area contributed by atoms with E-state index in [-0.39, 0.29) is 6.54 Å². The lowest BCUT2D eigenvalue weighted by Gasteiger charge is -2.09. The molecule has 0 spiro atoms. The Kier molecular flexibility index (Phi) is 6.01. The molecule has 0 aliphatic carbocycles. The number of nitrogens with zero attached hydrogens (tertiary/aromatic N) is 2. The third kappa shape index (κ3) is 4.02. The average Bonchev–Trinajstić information content (AvgIpc) is 3.02. The Morgan fingerprint density at radius 2 is 1.82 bits per heavy atom. The van der Waals surface area contributed by atoms with Gasteiger partial charge in [0.05, 0.1) is 31.5 Å². The predicted molar refractivity (Wildman–Crippen MR) is 106 cm³/mol. The fourth-order valence-corrected chi connectivity index (χ4v) is 3.83. The summed E-state index contributed by atoms with van der Waals surface area (Å²) in [5, 5.41) is 0.439. The van der Waals surface area contributed by atoms with Crippen LogP contribution in [0.1, 0.15) is 10.4 Å². The highest BCUT2D eigenvalue weighted by Crippen LogP contribution is 2.33. The number of benzene rings is 2. The van der Waals surface area contributed by atoms with Gasteiger partial charge in [0.2, 0.25) is 0 Å². The third-order valence-corrected chi connectivity index (χ3v) is 5.25. The molecule has 1 heterocycles. The molecule has 2 aromatic carbocycles. The van der Waals surface area contributed by atoms with Gasteiger partial charge in [-0.05, 0) is 18.2 Å². The van der Waals surface area contributed by atoms with Crippen LogP contribution in [0.3, 0.4) is 0 Å². The van der Waals surface area contributed by atoms with E-state index >= 15 is 0 Å². The van der Waals surface area contributed by atoms with Crippen molar-refractivity contribution >= 4 is 45.0 Å². The number of carbonyl (C=O) groups is 2. The minimum Gasteiger partial charge on any atom is -0.493 e. The van der Waals surface area contributed by atoms with Crippen LogP contribution in [-0.4, -0.2) is 37.8 Å². The van der Waals surface area contributed by atoms with Gasteiger partial charge >= 0.3 is 5.97 Å². The Balaban J connectivity index is 2.20. The first-order chi connectivity index (χ1) is 13.5. The maximum atomic E-state index is 12.6. The Hall–Kier alpha value is -2.84. The molecule has 1 amide bonds. The van der Waals surface area contributed by atoms with Crippen molar-refractivity contribution in [1.82, 2.24) is 4.57 Å². The van der Waals surface area contributed by atoms with E-state index < -0.39 is 11.9 Å². The molecule has 0 N–H and O–H groups in total. The van der Waals surface area contributed by atoms with Gasteiger partial charge in [-0.25, -0.2) is 0 Å². The molecule has 0 atom stereocenters. The molecule has 0 bridgehead atoms. The summed E-state index contributed by atoms with van der Waals surface area (Å²) < 4.78 is 17.8. The summed E-state index contributed by atoms with van der Waals surface area (Å²) in [4.78, 5) is 29.1. The van der Waals surface area contributed by atoms with E-state index in [2.05, 4.69) is 4.99 Å². The van der Waals surface area contributed by atoms with E-state index in [0.717, 1.165) is 4.70 Å². The fraction of sp³-hybridized carbons (Fsp3) is 0.211. The normalized spacial score (nSPS) is 11.5. The van der Waals surface area contributed by atoms with Crippen molar-refractivity contribution in [2.75, 3.05) is 21.3 Å². The molecule has 0 radical (unpaired) electrons. The highest BCUT2D eigenvalue weighted by atomic mass is 35.5. The number of hydrogen-bond acceptors (Lipinski definition) is 6. The third-order valence-electron chi connectivity index (χ3n) is 3.97. The zero-order valence-corrected chi connectivity index (χ0v) is 17.0. The van der Waals surface area contributed by atoms with Crippen molar-refractivity contribution < 1.29 is 23.8 Å². The first-order valence-corrected chi connectivity index (χ1v) is 9.33. The van der Waals surface area contributed by atoms with Gasteiger partial charge in [0.15, 0.2) is 16.3 Å². The van der Waals surface area contributed by atoms with Crippen molar-refractivity contribution in [2.24, 2.45) is 4.99 Å². The molecule has 9 heteroatoms. The number of carbonyl (C=O) groups excluding carboxylic acids is 2. The lowest BCUT2D eigenvalue weighted by atomic mass is 10.2. The van der Waals surface area contributed by atoms with E-state index in [1.54, 1.807) is 34.9 Å². The van der Waals surface area contributed by atoms with Gasteiger partial charge in [0.1, 0.15) is 6.54 Å². The number of thiazole rings is 1. The van der Waals surface area contributed by atoms with Gasteiger partial charge in [0.25, 0.3) is 5.91 Å². The molecular formula is C19H17ClN2O5S. The number of fused-ring (bicyclic) bond motifs is 1. The molecule has 3 aromatic rings. The quantitative estimate of drug-likeness (QED) is 0.592. The van der Waals surface area contributed by atoms with Crippen LogP contribution < -0.4 is 14.3 Å². The second-order valence-electron chi connectivity index (χ2n) is 5.65. The van der Waals surface area contributed by atoms with Gasteiger partial charge in [0, 0.05) is 22.7 Å². The van der Waals surface area contributed by atoms with Gasteiger partial charge in [-0.3, -0.25) is 9.59 Å². The van der Waals surface area contributed by atoms with Gasteiger partial charge in [-0.1, -0.05) is 29.0 Å². The molecule has 7 nitrogen and oxygen atoms in total. The highest BCUT2D eigenvalue weighted by molar-refractivity contribution is 7.16. The summed E-state index contributed by atoms with van der Waals surface area (Å²) in [6.45, 7) is -0.104. The topological polar surface area (TPSA) is 79.1 Å². The first-order valence-electron chi connectivity index (χ1n) is 8.13. The van der Waals surface area contributed by atoms with Crippen molar-refractivity contribution in [3.63, 3.8) is 0 Å². The van der Waals surface area contributed by atoms with E-state index in [4.69, 9.17) is 25.8 Å². The summed E-state index contributed by atoms with van der Waals surface area (Å²) in [7, 11) is 4.36. The molecule has 0 fully saturated rings. The summed E-state index contributed by atoms with van der Waals surface area (Å²) >= 11 is 7.21. The maximum Gasteiger partial charge on any atom is 0.325 e. The first kappa shape index (κ1) is 19.9. The number of halogens is 1. The van der Waals surface area contributed by atoms with Crippen LogP contribution in [0.25, 0.3) is 10.2 Å². The minimum atomic E-state index is -0.467. The number of rotatable bonds is 5. The molecule has 0 aliphatic rings. The molecule has 3 rings (SSSR count). The zero-order valence-electron chi connectivity index (χ0n) is 15.4. The van der Waals surface area contributed by atoms with E-state index in [0.29, 0.717) is 32.4 Å². The summed E-state index contributed by atoms with van der Waals surface area (Å²) in [5.74, 6) is 0.103. The number of methoxy groups -OCH3 is 3. The van der Waals surface area contributed by atoms with Gasteiger partial charge < -0.3 is 18.8 Å². The smallest absolute Gasteiger partial charge is 0.325 e. The van der Waals surface area contributed by atoms with E-state index in [1.807, 2.05) is 0 Å². The standard InChI is InChI=1S/C19H17ClN2O5S/c1-25-14-8-13-16(9-15(14)26-2)28-19(22(13)10-17(23)27-3)21-18(24)11-5-4-6-12(20)7-11/h4-9H,10H2,1-3H3. The molecule has 28 heavy (non-hydrogen) atoms. The van der Waals surface area contributed by atoms with Crippen molar-refractivity contribution in [3.8, 4) is 11.5 Å². The summed E-state index contributed by atoms with van der Waals surface area (Å²) in [5.41, 5.74) is 1.02. The van der Waals surface area contributed by atoms with Crippen molar-refractivity contribution in [1.29, 1.82) is 0 Å². The molecule has 0 saturated carbocycles. The predicted octanol–water partition coefficient (Wildman–Crippen LogP) is 3.29. The van der Waals surface area contributed by atoms with Crippen LogP contribution in [0.4, 0.5) is 0 Å². The lowest BCUT2D eigenvalue weighted by molar-refractivity contribution is -0.141. The number of aromatic nitrogens is 1. The average molecular weight is 421 g/mol. The minimum absolute atomic E-state index is 0.104.